The largest absolute Gasteiger partial charge is 0.438 e. The number of hydrogen-bond acceptors (Lipinski definition) is 3. The predicted octanol–water partition coefficient (Wildman–Crippen LogP) is 2.60. The minimum absolute atomic E-state index is 0.544. The van der Waals surface area contributed by atoms with Crippen LogP contribution in [0.3, 0.4) is 0 Å². The number of benzene rings is 1. The third kappa shape index (κ3) is 1.09. The molecule has 1 aromatic carbocycles. The van der Waals surface area contributed by atoms with E-state index in [-0.39, 0.29) is 0 Å². The average molecular weight is 188 g/mol. The van der Waals surface area contributed by atoms with Crippen LogP contribution in [0.1, 0.15) is 30.2 Å². The Morgan fingerprint density at radius 2 is 2.21 bits per heavy atom. The van der Waals surface area contributed by atoms with Crippen LogP contribution in [0.15, 0.2) is 16.5 Å². The van der Waals surface area contributed by atoms with E-state index in [1.807, 2.05) is 19.1 Å². The van der Waals surface area contributed by atoms with Gasteiger partial charge in [-0.2, -0.15) is 0 Å². The van der Waals surface area contributed by atoms with Crippen molar-refractivity contribution in [3.63, 3.8) is 0 Å². The summed E-state index contributed by atoms with van der Waals surface area (Å²) in [5.41, 5.74) is 9.32. The predicted molar refractivity (Wildman–Crippen MR) is 55.1 cm³/mol. The number of anilines is 1. The smallest absolute Gasteiger partial charge is 0.198 e. The molecule has 0 radical (unpaired) electrons. The van der Waals surface area contributed by atoms with Crippen LogP contribution in [0.25, 0.3) is 11.1 Å². The van der Waals surface area contributed by atoms with E-state index in [4.69, 9.17) is 10.2 Å². The molecule has 1 heterocycles. The third-order valence-corrected chi connectivity index (χ3v) is 2.61. The van der Waals surface area contributed by atoms with Gasteiger partial charge in [-0.25, -0.2) is 4.98 Å². The number of fused-ring (bicyclic) bond motifs is 1. The van der Waals surface area contributed by atoms with Crippen molar-refractivity contribution in [3.05, 3.63) is 23.6 Å². The number of nitrogens with two attached hydrogens (primary N) is 1. The van der Waals surface area contributed by atoms with Gasteiger partial charge >= 0.3 is 0 Å². The Morgan fingerprint density at radius 1 is 1.43 bits per heavy atom. The molecule has 0 amide bonds. The summed E-state index contributed by atoms with van der Waals surface area (Å²) in [5.74, 6) is 1.40. The standard InChI is InChI=1S/C11H12N2O/c1-6-4-8(12)10-9(5-6)13-11(14-10)7-2-3-7/h4-5,7H,2-3,12H2,1H3. The molecule has 2 aromatic rings. The second kappa shape index (κ2) is 2.50. The molecule has 14 heavy (non-hydrogen) atoms. The third-order valence-electron chi connectivity index (χ3n) is 2.61. The second-order valence-electron chi connectivity index (χ2n) is 4.03. The molecular formula is C11H12N2O. The van der Waals surface area contributed by atoms with Crippen LogP contribution in [0, 0.1) is 6.92 Å². The van der Waals surface area contributed by atoms with Gasteiger partial charge in [-0.1, -0.05) is 0 Å². The van der Waals surface area contributed by atoms with E-state index in [1.54, 1.807) is 0 Å². The van der Waals surface area contributed by atoms with Gasteiger partial charge in [0, 0.05) is 5.92 Å². The van der Waals surface area contributed by atoms with Crippen LogP contribution in [-0.4, -0.2) is 4.98 Å². The first-order valence-corrected chi connectivity index (χ1v) is 4.90. The lowest BCUT2D eigenvalue weighted by molar-refractivity contribution is 0.534. The molecule has 0 spiro atoms. The fourth-order valence-corrected chi connectivity index (χ4v) is 1.73. The number of nitrogen functional groups attached to an aromatic ring is 1. The Morgan fingerprint density at radius 3 is 2.93 bits per heavy atom. The molecule has 0 saturated heterocycles. The Kier molecular flexibility index (Phi) is 1.40. The summed E-state index contributed by atoms with van der Waals surface area (Å²) < 4.78 is 5.64. The number of oxazole rings is 1. The molecule has 1 saturated carbocycles. The highest BCUT2D eigenvalue weighted by Gasteiger charge is 2.29. The average Bonchev–Trinajstić information content (AvgIpc) is 2.87. The van der Waals surface area contributed by atoms with E-state index in [2.05, 4.69) is 4.98 Å². The van der Waals surface area contributed by atoms with Crippen LogP contribution < -0.4 is 5.73 Å². The minimum atomic E-state index is 0.544. The Hall–Kier alpha value is -1.51. The molecule has 1 aromatic heterocycles. The molecule has 3 heteroatoms. The first-order valence-electron chi connectivity index (χ1n) is 4.90. The Balaban J connectivity index is 2.26. The maximum atomic E-state index is 5.86. The Labute approximate surface area is 81.9 Å². The fraction of sp³-hybridized carbons (Fsp3) is 0.364. The van der Waals surface area contributed by atoms with Crippen molar-refractivity contribution in [2.24, 2.45) is 0 Å². The summed E-state index contributed by atoms with van der Waals surface area (Å²) in [7, 11) is 0. The SMILES string of the molecule is Cc1cc(N)c2oc(C3CC3)nc2c1. The van der Waals surface area contributed by atoms with Crippen LogP contribution >= 0.6 is 0 Å². The van der Waals surface area contributed by atoms with Gasteiger partial charge in [0.05, 0.1) is 5.69 Å². The number of nitrogens with zero attached hydrogens (tertiary/aromatic N) is 1. The molecule has 1 aliphatic rings. The zero-order chi connectivity index (χ0) is 9.71. The van der Waals surface area contributed by atoms with Crippen LogP contribution in [0.4, 0.5) is 5.69 Å². The molecule has 72 valence electrons. The summed E-state index contributed by atoms with van der Waals surface area (Å²) in [6.07, 6.45) is 2.40. The lowest BCUT2D eigenvalue weighted by Crippen LogP contribution is -1.86. The van der Waals surface area contributed by atoms with Crippen molar-refractivity contribution in [1.82, 2.24) is 4.98 Å². The maximum Gasteiger partial charge on any atom is 0.198 e. The van der Waals surface area contributed by atoms with Gasteiger partial charge in [0.25, 0.3) is 0 Å². The lowest BCUT2D eigenvalue weighted by Gasteiger charge is -1.95. The van der Waals surface area contributed by atoms with Crippen molar-refractivity contribution >= 4 is 16.8 Å². The molecule has 3 nitrogen and oxygen atoms in total. The van der Waals surface area contributed by atoms with E-state index in [1.165, 1.54) is 12.8 Å². The van der Waals surface area contributed by atoms with Gasteiger partial charge in [-0.15, -0.1) is 0 Å². The Bertz CT molecular complexity index is 497. The van der Waals surface area contributed by atoms with Crippen molar-refractivity contribution in [3.8, 4) is 0 Å². The number of hydrogen-bond donors (Lipinski definition) is 1. The van der Waals surface area contributed by atoms with Gasteiger partial charge in [0.2, 0.25) is 0 Å². The highest BCUT2D eigenvalue weighted by Crippen LogP contribution is 2.41. The van der Waals surface area contributed by atoms with E-state index in [0.717, 1.165) is 22.6 Å². The molecule has 2 N–H and O–H groups in total. The summed E-state index contributed by atoms with van der Waals surface area (Å²) >= 11 is 0. The first kappa shape index (κ1) is 7.85. The van der Waals surface area contributed by atoms with Crippen molar-refractivity contribution in [2.45, 2.75) is 25.7 Å². The fourth-order valence-electron chi connectivity index (χ4n) is 1.73. The van der Waals surface area contributed by atoms with E-state index in [0.29, 0.717) is 11.6 Å². The van der Waals surface area contributed by atoms with Crippen LogP contribution in [-0.2, 0) is 0 Å². The van der Waals surface area contributed by atoms with E-state index >= 15 is 0 Å². The minimum Gasteiger partial charge on any atom is -0.438 e. The molecule has 1 fully saturated rings. The van der Waals surface area contributed by atoms with Gasteiger partial charge in [0.1, 0.15) is 5.52 Å². The lowest BCUT2D eigenvalue weighted by atomic mass is 10.2. The maximum absolute atomic E-state index is 5.86. The molecule has 0 unspecified atom stereocenters. The van der Waals surface area contributed by atoms with Crippen molar-refractivity contribution < 1.29 is 4.42 Å². The first-order chi connectivity index (χ1) is 6.74. The highest BCUT2D eigenvalue weighted by molar-refractivity contribution is 5.85. The van der Waals surface area contributed by atoms with Gasteiger partial charge in [-0.05, 0) is 37.5 Å². The molecule has 1 aliphatic carbocycles. The quantitative estimate of drug-likeness (QED) is 0.700. The summed E-state index contributed by atoms with van der Waals surface area (Å²) in [4.78, 5) is 4.45. The van der Waals surface area contributed by atoms with E-state index in [9.17, 15) is 0 Å². The second-order valence-corrected chi connectivity index (χ2v) is 4.03. The van der Waals surface area contributed by atoms with Gasteiger partial charge < -0.3 is 10.2 Å². The summed E-state index contributed by atoms with van der Waals surface area (Å²) in [5, 5.41) is 0. The van der Waals surface area contributed by atoms with Gasteiger partial charge in [0.15, 0.2) is 11.5 Å². The normalized spacial score (nSPS) is 16.4. The monoisotopic (exact) mass is 188 g/mol. The number of rotatable bonds is 1. The molecule has 0 atom stereocenters. The van der Waals surface area contributed by atoms with Crippen molar-refractivity contribution in [2.75, 3.05) is 5.73 Å². The van der Waals surface area contributed by atoms with Crippen LogP contribution in [0.2, 0.25) is 0 Å². The molecule has 0 bridgehead atoms. The molecular weight excluding hydrogens is 176 g/mol. The molecule has 3 rings (SSSR count). The van der Waals surface area contributed by atoms with Crippen molar-refractivity contribution in [1.29, 1.82) is 0 Å². The zero-order valence-electron chi connectivity index (χ0n) is 8.08. The summed E-state index contributed by atoms with van der Waals surface area (Å²) in [6.45, 7) is 2.02. The van der Waals surface area contributed by atoms with Crippen LogP contribution in [0.5, 0.6) is 0 Å². The number of aryl methyl sites for hydroxylation is 1. The number of aromatic nitrogens is 1. The summed E-state index contributed by atoms with van der Waals surface area (Å²) in [6, 6.07) is 3.94. The highest BCUT2D eigenvalue weighted by atomic mass is 16.3. The van der Waals surface area contributed by atoms with E-state index < -0.39 is 0 Å². The zero-order valence-corrected chi connectivity index (χ0v) is 8.08. The topological polar surface area (TPSA) is 52.0 Å². The van der Waals surface area contributed by atoms with Gasteiger partial charge in [-0.3, -0.25) is 0 Å². The molecule has 0 aliphatic heterocycles.